The third kappa shape index (κ3) is 8.80. The van der Waals surface area contributed by atoms with Gasteiger partial charge in [-0.05, 0) is 80.8 Å². The highest BCUT2D eigenvalue weighted by Gasteiger charge is 2.30. The van der Waals surface area contributed by atoms with Gasteiger partial charge in [-0.1, -0.05) is 18.2 Å². The fourth-order valence-electron chi connectivity index (χ4n) is 4.93. The number of esters is 2. The summed E-state index contributed by atoms with van der Waals surface area (Å²) < 4.78 is 60.1. The number of ketones is 1. The van der Waals surface area contributed by atoms with Crippen LogP contribution in [-0.2, 0) is 22.1 Å². The Hall–Kier alpha value is -5.72. The van der Waals surface area contributed by atoms with E-state index in [-0.39, 0.29) is 57.5 Å². The van der Waals surface area contributed by atoms with Crippen molar-refractivity contribution in [2.45, 2.75) is 39.3 Å². The predicted octanol–water partition coefficient (Wildman–Crippen LogP) is 7.26. The monoisotopic (exact) mass is 678 g/mol. The van der Waals surface area contributed by atoms with Gasteiger partial charge < -0.3 is 24.3 Å². The molecule has 1 N–H and O–H groups in total. The number of halogens is 3. The van der Waals surface area contributed by atoms with E-state index >= 15 is 0 Å². The lowest BCUT2D eigenvalue weighted by molar-refractivity contribution is -0.137. The van der Waals surface area contributed by atoms with Crippen LogP contribution in [0.5, 0.6) is 17.2 Å². The van der Waals surface area contributed by atoms with Gasteiger partial charge in [0.25, 0.3) is 5.91 Å². The summed E-state index contributed by atoms with van der Waals surface area (Å²) in [7, 11) is 3.93. The number of amides is 1. The highest BCUT2D eigenvalue weighted by atomic mass is 19.4. The summed E-state index contributed by atoms with van der Waals surface area (Å²) in [6, 6.07) is 15.1. The molecule has 10 nitrogen and oxygen atoms in total. The van der Waals surface area contributed by atoms with Crippen LogP contribution in [0.25, 0.3) is 11.3 Å². The molecule has 0 unspecified atom stereocenters. The number of pyridine rings is 1. The highest BCUT2D eigenvalue weighted by molar-refractivity contribution is 6.11. The van der Waals surface area contributed by atoms with Crippen LogP contribution in [0, 0.1) is 6.92 Å². The van der Waals surface area contributed by atoms with Crippen LogP contribution in [0.15, 0.2) is 66.7 Å². The van der Waals surface area contributed by atoms with Crippen molar-refractivity contribution in [1.29, 1.82) is 0 Å². The van der Waals surface area contributed by atoms with E-state index in [1.165, 1.54) is 58.6 Å². The molecule has 4 rings (SSSR count). The number of methoxy groups -OCH3 is 3. The lowest BCUT2D eigenvalue weighted by Crippen LogP contribution is -2.16. The molecule has 1 aromatic heterocycles. The first-order valence-electron chi connectivity index (χ1n) is 14.9. The zero-order valence-electron chi connectivity index (χ0n) is 27.3. The maximum Gasteiger partial charge on any atom is 0.416 e. The van der Waals surface area contributed by atoms with Crippen molar-refractivity contribution in [1.82, 2.24) is 4.98 Å². The highest BCUT2D eigenvalue weighted by Crippen LogP contribution is 2.39. The number of aryl methyl sites for hydroxylation is 2. The van der Waals surface area contributed by atoms with Crippen molar-refractivity contribution >= 4 is 29.3 Å². The lowest BCUT2D eigenvalue weighted by atomic mass is 10.0. The first kappa shape index (κ1) is 36.1. The Balaban J connectivity index is 1.46. The number of alkyl halides is 3. The molecular weight excluding hydrogens is 645 g/mol. The second-order valence-electron chi connectivity index (χ2n) is 10.8. The summed E-state index contributed by atoms with van der Waals surface area (Å²) in [6.07, 6.45) is -3.79. The average molecular weight is 679 g/mol. The molecule has 0 spiro atoms. The van der Waals surface area contributed by atoms with Crippen LogP contribution in [0.2, 0.25) is 0 Å². The number of carbonyl (C=O) groups is 4. The maximum atomic E-state index is 13.4. The average Bonchev–Trinajstić information content (AvgIpc) is 3.07. The zero-order valence-corrected chi connectivity index (χ0v) is 27.3. The van der Waals surface area contributed by atoms with Gasteiger partial charge in [0, 0.05) is 23.2 Å². The van der Waals surface area contributed by atoms with Crippen LogP contribution < -0.4 is 19.5 Å². The number of carbonyl (C=O) groups excluding carboxylic acids is 4. The van der Waals surface area contributed by atoms with Crippen molar-refractivity contribution in [3.8, 4) is 28.5 Å². The fourth-order valence-corrected chi connectivity index (χ4v) is 4.93. The second kappa shape index (κ2) is 15.5. The molecule has 0 radical (unpaired) electrons. The number of hydrogen-bond donors (Lipinski definition) is 1. The van der Waals surface area contributed by atoms with E-state index in [4.69, 9.17) is 18.9 Å². The topological polar surface area (TPSA) is 130 Å². The van der Waals surface area contributed by atoms with Crippen LogP contribution in [0.1, 0.15) is 67.7 Å². The molecule has 0 aliphatic heterocycles. The lowest BCUT2D eigenvalue weighted by Gasteiger charge is -2.15. The first-order chi connectivity index (χ1) is 23.2. The number of rotatable bonds is 12. The molecule has 0 bridgehead atoms. The summed E-state index contributed by atoms with van der Waals surface area (Å²) in [5.74, 6) is -1.93. The summed E-state index contributed by atoms with van der Waals surface area (Å²) in [6.45, 7) is 3.04. The van der Waals surface area contributed by atoms with Gasteiger partial charge in [-0.15, -0.1) is 0 Å². The molecule has 1 amide bonds. The number of nitrogens with zero attached hydrogens (tertiary/aromatic N) is 1. The molecule has 0 saturated carbocycles. The Labute approximate surface area is 280 Å². The van der Waals surface area contributed by atoms with Crippen molar-refractivity contribution in [2.24, 2.45) is 0 Å². The molecule has 0 fully saturated rings. The predicted molar refractivity (Wildman–Crippen MR) is 173 cm³/mol. The molecule has 49 heavy (non-hydrogen) atoms. The number of Topliss-reactive ketones (excluding diaryl/α,β-unsaturated/α-hetero) is 1. The molecule has 0 aliphatic carbocycles. The number of benzene rings is 3. The van der Waals surface area contributed by atoms with Crippen LogP contribution in [0.4, 0.5) is 18.9 Å². The number of aromatic nitrogens is 1. The van der Waals surface area contributed by atoms with Gasteiger partial charge in [0.2, 0.25) is 5.75 Å². The maximum absolute atomic E-state index is 13.4. The molecule has 0 saturated heterocycles. The molecule has 0 aliphatic rings. The van der Waals surface area contributed by atoms with Crippen molar-refractivity contribution in [3.63, 3.8) is 0 Å². The van der Waals surface area contributed by atoms with Crippen molar-refractivity contribution in [3.05, 3.63) is 100 Å². The van der Waals surface area contributed by atoms with Gasteiger partial charge in [-0.25, -0.2) is 4.79 Å². The molecule has 4 aromatic rings. The van der Waals surface area contributed by atoms with Gasteiger partial charge in [-0.3, -0.25) is 19.4 Å². The smallest absolute Gasteiger partial charge is 0.416 e. The van der Waals surface area contributed by atoms with Gasteiger partial charge in [-0.2, -0.15) is 13.2 Å². The Kier molecular flexibility index (Phi) is 11.4. The van der Waals surface area contributed by atoms with E-state index in [0.717, 1.165) is 17.7 Å². The van der Waals surface area contributed by atoms with E-state index in [1.54, 1.807) is 31.2 Å². The fraction of sp³-hybridized carbons (Fsp3) is 0.250. The van der Waals surface area contributed by atoms with Gasteiger partial charge >= 0.3 is 18.1 Å². The Bertz CT molecular complexity index is 1860. The van der Waals surface area contributed by atoms with Gasteiger partial charge in [0.15, 0.2) is 17.3 Å². The molecule has 0 atom stereocenters. The second-order valence-corrected chi connectivity index (χ2v) is 10.8. The Morgan fingerprint density at radius 1 is 0.837 bits per heavy atom. The van der Waals surface area contributed by atoms with E-state index in [0.29, 0.717) is 24.1 Å². The summed E-state index contributed by atoms with van der Waals surface area (Å²) in [4.78, 5) is 55.1. The molecule has 1 heterocycles. The van der Waals surface area contributed by atoms with Crippen molar-refractivity contribution in [2.75, 3.05) is 26.6 Å². The van der Waals surface area contributed by atoms with Gasteiger partial charge in [0.1, 0.15) is 0 Å². The standard InChI is InChI=1S/C36H33F3N2O8/c1-20-9-15-26(32(40-20)23-11-13-25(14-12-23)36(37,38)39)34(44)41-28-16-10-22(17-27(28)21(2)42)7-6-8-31(43)49-33-29(46-3)18-24(35(45)48-5)19-30(33)47-4/h9-19H,6-8H2,1-5H3,(H,41,44). The molecule has 13 heteroatoms. The van der Waals surface area contributed by atoms with E-state index in [2.05, 4.69) is 10.3 Å². The Morgan fingerprint density at radius 2 is 1.49 bits per heavy atom. The largest absolute Gasteiger partial charge is 0.493 e. The minimum atomic E-state index is -4.51. The number of ether oxygens (including phenoxy) is 4. The quantitative estimate of drug-likeness (QED) is 0.0935. The Morgan fingerprint density at radius 3 is 2.06 bits per heavy atom. The van der Waals surface area contributed by atoms with E-state index in [9.17, 15) is 32.3 Å². The molecular formula is C36H33F3N2O8. The van der Waals surface area contributed by atoms with E-state index < -0.39 is 29.6 Å². The minimum absolute atomic E-state index is 0.00636. The third-order valence-electron chi connectivity index (χ3n) is 7.42. The normalized spacial score (nSPS) is 11.0. The zero-order chi connectivity index (χ0) is 35.9. The van der Waals surface area contributed by atoms with Crippen LogP contribution >= 0.6 is 0 Å². The summed E-state index contributed by atoms with van der Waals surface area (Å²) >= 11 is 0. The number of anilines is 1. The van der Waals surface area contributed by atoms with E-state index in [1.807, 2.05) is 0 Å². The minimum Gasteiger partial charge on any atom is -0.493 e. The number of hydrogen-bond acceptors (Lipinski definition) is 9. The SMILES string of the molecule is COC(=O)c1cc(OC)c(OC(=O)CCCc2ccc(NC(=O)c3ccc(C)nc3-c3ccc(C(F)(F)F)cc3)c(C(C)=O)c2)c(OC)c1. The first-order valence-corrected chi connectivity index (χ1v) is 14.9. The molecule has 3 aromatic carbocycles. The van der Waals surface area contributed by atoms with Crippen molar-refractivity contribution < 1.29 is 51.3 Å². The molecule has 256 valence electrons. The summed E-state index contributed by atoms with van der Waals surface area (Å²) in [5, 5.41) is 2.73. The summed E-state index contributed by atoms with van der Waals surface area (Å²) in [5.41, 5.74) is 1.66. The third-order valence-corrected chi connectivity index (χ3v) is 7.42. The number of nitrogens with one attached hydrogen (secondary N) is 1. The van der Waals surface area contributed by atoms with Crippen LogP contribution in [0.3, 0.4) is 0 Å². The van der Waals surface area contributed by atoms with Gasteiger partial charge in [0.05, 0.1) is 49.4 Å². The van der Waals surface area contributed by atoms with Crippen LogP contribution in [-0.4, -0.2) is 49.9 Å².